The number of rotatable bonds is 6. The lowest BCUT2D eigenvalue weighted by atomic mass is 10.0. The number of halogens is 1. The van der Waals surface area contributed by atoms with Gasteiger partial charge in [-0.3, -0.25) is 4.98 Å². The van der Waals surface area contributed by atoms with Gasteiger partial charge in [-0.2, -0.15) is 0 Å². The molecule has 0 spiro atoms. The van der Waals surface area contributed by atoms with E-state index in [-0.39, 0.29) is 5.75 Å². The molecule has 4 aromatic rings. The van der Waals surface area contributed by atoms with Gasteiger partial charge in [-0.05, 0) is 84.2 Å². The minimum atomic E-state index is 0.0977. The Morgan fingerprint density at radius 2 is 1.85 bits per heavy atom. The zero-order valence-electron chi connectivity index (χ0n) is 18.2. The van der Waals surface area contributed by atoms with Gasteiger partial charge in [-0.1, -0.05) is 29.8 Å². The van der Waals surface area contributed by atoms with Gasteiger partial charge in [0.25, 0.3) is 0 Å². The number of ether oxygens (including phenoxy) is 1. The average molecular weight is 479 g/mol. The van der Waals surface area contributed by atoms with Gasteiger partial charge in [0.2, 0.25) is 0 Å². The number of fused-ring (bicyclic) bond motifs is 1. The minimum Gasteiger partial charge on any atom is -0.506 e. The van der Waals surface area contributed by atoms with Crippen molar-refractivity contribution in [1.29, 1.82) is 0 Å². The summed E-state index contributed by atoms with van der Waals surface area (Å²) in [7, 11) is 1.65. The number of hydrogen-bond acceptors (Lipinski definition) is 5. The molecule has 0 fully saturated rings. The van der Waals surface area contributed by atoms with Crippen molar-refractivity contribution >= 4 is 45.8 Å². The van der Waals surface area contributed by atoms with Crippen LogP contribution in [0, 0.1) is 6.92 Å². The molecule has 168 valence electrons. The fourth-order valence-electron chi connectivity index (χ4n) is 3.43. The van der Waals surface area contributed by atoms with Gasteiger partial charge in [0.1, 0.15) is 11.5 Å². The highest BCUT2D eigenvalue weighted by Gasteiger charge is 2.09. The molecule has 6 nitrogen and oxygen atoms in total. The molecule has 0 saturated heterocycles. The summed E-state index contributed by atoms with van der Waals surface area (Å²) >= 11 is 11.6. The van der Waals surface area contributed by atoms with Crippen molar-refractivity contribution in [3.8, 4) is 22.6 Å². The lowest BCUT2D eigenvalue weighted by molar-refractivity contribution is 0.414. The molecule has 1 heterocycles. The summed E-state index contributed by atoms with van der Waals surface area (Å²) in [5.41, 5.74) is 5.22. The highest BCUT2D eigenvalue weighted by Crippen LogP contribution is 2.33. The molecule has 4 rings (SSSR count). The molecule has 0 atom stereocenters. The Hall–Kier alpha value is -3.42. The predicted molar refractivity (Wildman–Crippen MR) is 137 cm³/mol. The summed E-state index contributed by atoms with van der Waals surface area (Å²) in [6.07, 6.45) is 2.48. The molecular weight excluding hydrogens is 456 g/mol. The number of thiocarbonyl (C=S) groups is 1. The van der Waals surface area contributed by atoms with Crippen LogP contribution in [0.25, 0.3) is 22.2 Å². The maximum absolute atomic E-state index is 9.93. The predicted octanol–water partition coefficient (Wildman–Crippen LogP) is 5.50. The normalized spacial score (nSPS) is 10.8. The van der Waals surface area contributed by atoms with Crippen LogP contribution in [0.4, 0.5) is 5.82 Å². The Kier molecular flexibility index (Phi) is 6.91. The van der Waals surface area contributed by atoms with Crippen LogP contribution in [0.3, 0.4) is 0 Å². The van der Waals surface area contributed by atoms with E-state index < -0.39 is 0 Å². The van der Waals surface area contributed by atoms with Crippen molar-refractivity contribution in [3.63, 3.8) is 0 Å². The average Bonchev–Trinajstić information content (AvgIpc) is 2.82. The molecular formula is C25H23ClN4O2S. The van der Waals surface area contributed by atoms with Gasteiger partial charge < -0.3 is 20.5 Å². The maximum Gasteiger partial charge on any atom is 0.171 e. The number of nitrogens with one attached hydrogen (secondary N) is 2. The molecule has 3 N–H and O–H groups in total. The molecule has 0 bridgehead atoms. The van der Waals surface area contributed by atoms with Crippen LogP contribution in [-0.2, 0) is 6.42 Å². The van der Waals surface area contributed by atoms with Crippen LogP contribution in [0.15, 0.2) is 60.8 Å². The van der Waals surface area contributed by atoms with Crippen molar-refractivity contribution in [3.05, 3.63) is 76.9 Å². The molecule has 0 aliphatic heterocycles. The number of methoxy groups -OCH3 is 1. The van der Waals surface area contributed by atoms with Crippen LogP contribution < -0.4 is 15.4 Å². The third kappa shape index (κ3) is 5.50. The second-order valence-corrected chi connectivity index (χ2v) is 8.38. The number of aromatic hydroxyl groups is 1. The third-order valence-corrected chi connectivity index (χ3v) is 5.76. The van der Waals surface area contributed by atoms with E-state index in [0.29, 0.717) is 28.1 Å². The number of hydrogen-bond donors (Lipinski definition) is 3. The Bertz CT molecular complexity index is 1290. The van der Waals surface area contributed by atoms with Crippen molar-refractivity contribution in [2.45, 2.75) is 13.3 Å². The first kappa shape index (κ1) is 22.8. The smallest absolute Gasteiger partial charge is 0.171 e. The van der Waals surface area contributed by atoms with E-state index in [1.54, 1.807) is 19.4 Å². The summed E-state index contributed by atoms with van der Waals surface area (Å²) in [6.45, 7) is 2.50. The second-order valence-electron chi connectivity index (χ2n) is 7.56. The molecule has 0 amide bonds. The van der Waals surface area contributed by atoms with E-state index in [1.165, 1.54) is 5.56 Å². The van der Waals surface area contributed by atoms with E-state index in [9.17, 15) is 5.11 Å². The molecule has 0 aliphatic carbocycles. The zero-order valence-corrected chi connectivity index (χ0v) is 19.8. The topological polar surface area (TPSA) is 79.3 Å². The molecule has 0 saturated carbocycles. The van der Waals surface area contributed by atoms with Crippen molar-refractivity contribution < 1.29 is 9.84 Å². The summed E-state index contributed by atoms with van der Waals surface area (Å²) in [5, 5.41) is 17.0. The van der Waals surface area contributed by atoms with Crippen LogP contribution in [-0.4, -0.2) is 33.8 Å². The Labute approximate surface area is 202 Å². The summed E-state index contributed by atoms with van der Waals surface area (Å²) in [5.74, 6) is 1.49. The monoisotopic (exact) mass is 478 g/mol. The maximum atomic E-state index is 9.93. The minimum absolute atomic E-state index is 0.0977. The van der Waals surface area contributed by atoms with Gasteiger partial charge in [-0.25, -0.2) is 4.98 Å². The van der Waals surface area contributed by atoms with E-state index in [2.05, 4.69) is 20.6 Å². The fourth-order valence-corrected chi connectivity index (χ4v) is 3.90. The van der Waals surface area contributed by atoms with Crippen molar-refractivity contribution in [2.24, 2.45) is 0 Å². The number of aryl methyl sites for hydroxylation is 1. The number of nitrogens with zero attached hydrogens (tertiary/aromatic N) is 2. The number of phenolic OH excluding ortho intramolecular Hbond substituents is 1. The quantitative estimate of drug-likeness (QED) is 0.316. The first-order chi connectivity index (χ1) is 15.9. The molecule has 8 heteroatoms. The van der Waals surface area contributed by atoms with Crippen molar-refractivity contribution in [1.82, 2.24) is 15.3 Å². The number of anilines is 1. The first-order valence-electron chi connectivity index (χ1n) is 10.4. The van der Waals surface area contributed by atoms with Crippen LogP contribution >= 0.6 is 23.8 Å². The van der Waals surface area contributed by atoms with Gasteiger partial charge in [0.05, 0.1) is 29.4 Å². The van der Waals surface area contributed by atoms with E-state index in [4.69, 9.17) is 28.6 Å². The zero-order chi connectivity index (χ0) is 23.4. The summed E-state index contributed by atoms with van der Waals surface area (Å²) in [4.78, 5) is 9.12. The Balaban J connectivity index is 1.43. The third-order valence-electron chi connectivity index (χ3n) is 5.23. The highest BCUT2D eigenvalue weighted by atomic mass is 35.5. The fraction of sp³-hybridized carbons (Fsp3) is 0.160. The van der Waals surface area contributed by atoms with Gasteiger partial charge in [0, 0.05) is 6.54 Å². The number of benzene rings is 3. The number of aromatic nitrogens is 2. The lowest BCUT2D eigenvalue weighted by Crippen LogP contribution is -2.30. The van der Waals surface area contributed by atoms with Crippen LogP contribution in [0.2, 0.25) is 5.02 Å². The molecule has 0 aliphatic rings. The van der Waals surface area contributed by atoms with E-state index in [1.807, 2.05) is 55.5 Å². The second kappa shape index (κ2) is 10.0. The summed E-state index contributed by atoms with van der Waals surface area (Å²) < 4.78 is 5.18. The lowest BCUT2D eigenvalue weighted by Gasteiger charge is -2.11. The molecule has 0 unspecified atom stereocenters. The van der Waals surface area contributed by atoms with Gasteiger partial charge >= 0.3 is 0 Å². The Morgan fingerprint density at radius 3 is 2.58 bits per heavy atom. The molecule has 3 aromatic carbocycles. The van der Waals surface area contributed by atoms with Crippen molar-refractivity contribution in [2.75, 3.05) is 19.0 Å². The van der Waals surface area contributed by atoms with E-state index in [0.717, 1.165) is 34.3 Å². The summed E-state index contributed by atoms with van der Waals surface area (Å²) in [6, 6.07) is 17.4. The van der Waals surface area contributed by atoms with Crippen LogP contribution in [0.5, 0.6) is 11.5 Å². The highest BCUT2D eigenvalue weighted by molar-refractivity contribution is 7.80. The molecule has 1 aromatic heterocycles. The molecule has 0 radical (unpaired) electrons. The largest absolute Gasteiger partial charge is 0.506 e. The number of phenols is 1. The van der Waals surface area contributed by atoms with Gasteiger partial charge in [-0.15, -0.1) is 0 Å². The first-order valence-corrected chi connectivity index (χ1v) is 11.2. The van der Waals surface area contributed by atoms with Crippen LogP contribution in [0.1, 0.15) is 11.1 Å². The standard InChI is InChI=1S/C25H23ClN4O2S/c1-15-11-18(12-20(26)24(15)31)17-5-8-21-22(13-17)29-23(14-28-21)30-25(33)27-10-9-16-3-6-19(32-2)7-4-16/h3-8,11-14,31H,9-10H2,1-2H3,(H2,27,29,30,33). The Morgan fingerprint density at radius 1 is 1.06 bits per heavy atom. The molecule has 33 heavy (non-hydrogen) atoms. The SMILES string of the molecule is COc1ccc(CCNC(=S)Nc2cnc3ccc(-c4cc(C)c(O)c(Cl)c4)cc3n2)cc1. The van der Waals surface area contributed by atoms with E-state index >= 15 is 0 Å². The van der Waals surface area contributed by atoms with Gasteiger partial charge in [0.15, 0.2) is 10.9 Å².